The molecule has 0 radical (unpaired) electrons. The Bertz CT molecular complexity index is 715. The molecule has 1 heterocycles. The molecular formula is C18H19ClN2O2. The number of amides is 1. The maximum absolute atomic E-state index is 12.0. The Morgan fingerprint density at radius 3 is 2.78 bits per heavy atom. The SMILES string of the molecule is CN1CCc2cc(C(O)CNC(=O)c3ccc(Cl)cc3)ccc21. The van der Waals surface area contributed by atoms with Crippen LogP contribution in [0.5, 0.6) is 0 Å². The zero-order valence-electron chi connectivity index (χ0n) is 12.9. The second kappa shape index (κ2) is 6.60. The summed E-state index contributed by atoms with van der Waals surface area (Å²) < 4.78 is 0. The lowest BCUT2D eigenvalue weighted by Gasteiger charge is -2.15. The van der Waals surface area contributed by atoms with Gasteiger partial charge in [-0.3, -0.25) is 4.79 Å². The first-order valence-electron chi connectivity index (χ1n) is 7.60. The van der Waals surface area contributed by atoms with E-state index in [2.05, 4.69) is 17.3 Å². The number of fused-ring (bicyclic) bond motifs is 1. The maximum Gasteiger partial charge on any atom is 0.251 e. The van der Waals surface area contributed by atoms with Crippen LogP contribution in [-0.2, 0) is 6.42 Å². The first-order chi connectivity index (χ1) is 11.0. The number of likely N-dealkylation sites (N-methyl/N-ethyl adjacent to an activating group) is 1. The van der Waals surface area contributed by atoms with Crippen molar-refractivity contribution < 1.29 is 9.90 Å². The summed E-state index contributed by atoms with van der Waals surface area (Å²) in [6.07, 6.45) is 0.270. The van der Waals surface area contributed by atoms with E-state index in [1.165, 1.54) is 11.3 Å². The smallest absolute Gasteiger partial charge is 0.251 e. The molecule has 0 saturated heterocycles. The minimum atomic E-state index is -0.720. The summed E-state index contributed by atoms with van der Waals surface area (Å²) in [5, 5.41) is 13.6. The van der Waals surface area contributed by atoms with Crippen LogP contribution in [-0.4, -0.2) is 31.2 Å². The van der Waals surface area contributed by atoms with E-state index in [0.29, 0.717) is 10.6 Å². The monoisotopic (exact) mass is 330 g/mol. The molecule has 2 N–H and O–H groups in total. The quantitative estimate of drug-likeness (QED) is 0.906. The molecule has 3 rings (SSSR count). The Labute approximate surface area is 140 Å². The van der Waals surface area contributed by atoms with Crippen molar-refractivity contribution in [1.29, 1.82) is 0 Å². The molecule has 0 saturated carbocycles. The average Bonchev–Trinajstić information content (AvgIpc) is 2.93. The third kappa shape index (κ3) is 3.49. The average molecular weight is 331 g/mol. The Balaban J connectivity index is 1.62. The molecule has 0 spiro atoms. The fourth-order valence-corrected chi connectivity index (χ4v) is 2.93. The molecule has 2 aromatic carbocycles. The summed E-state index contributed by atoms with van der Waals surface area (Å²) in [5.74, 6) is -0.221. The van der Waals surface area contributed by atoms with E-state index in [-0.39, 0.29) is 12.5 Å². The van der Waals surface area contributed by atoms with Gasteiger partial charge in [0, 0.05) is 36.4 Å². The number of hydrogen-bond acceptors (Lipinski definition) is 3. The molecule has 120 valence electrons. The molecular weight excluding hydrogens is 312 g/mol. The molecule has 1 amide bonds. The second-order valence-corrected chi connectivity index (χ2v) is 6.23. The minimum Gasteiger partial charge on any atom is -0.387 e. The molecule has 0 bridgehead atoms. The van der Waals surface area contributed by atoms with Crippen LogP contribution >= 0.6 is 11.6 Å². The maximum atomic E-state index is 12.0. The van der Waals surface area contributed by atoms with Gasteiger partial charge in [-0.05, 0) is 47.9 Å². The van der Waals surface area contributed by atoms with E-state index in [4.69, 9.17) is 11.6 Å². The molecule has 1 aliphatic rings. The number of halogens is 1. The molecule has 2 aromatic rings. The van der Waals surface area contributed by atoms with Crippen LogP contribution in [0.25, 0.3) is 0 Å². The molecule has 0 aromatic heterocycles. The Kier molecular flexibility index (Phi) is 4.55. The van der Waals surface area contributed by atoms with Crippen molar-refractivity contribution in [3.63, 3.8) is 0 Å². The first-order valence-corrected chi connectivity index (χ1v) is 7.98. The lowest BCUT2D eigenvalue weighted by Crippen LogP contribution is -2.28. The third-order valence-electron chi connectivity index (χ3n) is 4.18. The van der Waals surface area contributed by atoms with Crippen molar-refractivity contribution in [1.82, 2.24) is 5.32 Å². The molecule has 1 atom stereocenters. The zero-order valence-corrected chi connectivity index (χ0v) is 13.7. The van der Waals surface area contributed by atoms with Gasteiger partial charge in [0.2, 0.25) is 0 Å². The van der Waals surface area contributed by atoms with Gasteiger partial charge in [0.05, 0.1) is 6.10 Å². The Morgan fingerprint density at radius 2 is 2.04 bits per heavy atom. The second-order valence-electron chi connectivity index (χ2n) is 5.79. The molecule has 0 fully saturated rings. The minimum absolute atomic E-state index is 0.177. The molecule has 1 unspecified atom stereocenters. The van der Waals surface area contributed by atoms with Gasteiger partial charge in [-0.25, -0.2) is 0 Å². The predicted octanol–water partition coefficient (Wildman–Crippen LogP) is 2.80. The number of rotatable bonds is 4. The van der Waals surface area contributed by atoms with Crippen molar-refractivity contribution >= 4 is 23.2 Å². The number of carbonyl (C=O) groups excluding carboxylic acids is 1. The van der Waals surface area contributed by atoms with Gasteiger partial charge in [-0.2, -0.15) is 0 Å². The highest BCUT2D eigenvalue weighted by molar-refractivity contribution is 6.30. The van der Waals surface area contributed by atoms with Crippen molar-refractivity contribution in [2.75, 3.05) is 25.0 Å². The normalized spacial score (nSPS) is 14.5. The van der Waals surface area contributed by atoms with Gasteiger partial charge >= 0.3 is 0 Å². The van der Waals surface area contributed by atoms with Crippen LogP contribution in [0, 0.1) is 0 Å². The number of aliphatic hydroxyl groups is 1. The Morgan fingerprint density at radius 1 is 1.30 bits per heavy atom. The van der Waals surface area contributed by atoms with Crippen molar-refractivity contribution in [3.8, 4) is 0 Å². The third-order valence-corrected chi connectivity index (χ3v) is 4.43. The van der Waals surface area contributed by atoms with Crippen molar-refractivity contribution in [3.05, 3.63) is 64.2 Å². The number of carbonyl (C=O) groups is 1. The van der Waals surface area contributed by atoms with Gasteiger partial charge in [-0.15, -0.1) is 0 Å². The highest BCUT2D eigenvalue weighted by atomic mass is 35.5. The van der Waals surface area contributed by atoms with Gasteiger partial charge in [0.15, 0.2) is 0 Å². The van der Waals surface area contributed by atoms with Crippen LogP contribution in [0.1, 0.15) is 27.6 Å². The van der Waals surface area contributed by atoms with E-state index in [0.717, 1.165) is 18.5 Å². The zero-order chi connectivity index (χ0) is 16.4. The van der Waals surface area contributed by atoms with E-state index in [1.807, 2.05) is 18.2 Å². The van der Waals surface area contributed by atoms with E-state index in [1.54, 1.807) is 24.3 Å². The van der Waals surface area contributed by atoms with Gasteiger partial charge in [0.25, 0.3) is 5.91 Å². The largest absolute Gasteiger partial charge is 0.387 e. The molecule has 4 nitrogen and oxygen atoms in total. The highest BCUT2D eigenvalue weighted by Gasteiger charge is 2.18. The molecule has 0 aliphatic carbocycles. The van der Waals surface area contributed by atoms with Gasteiger partial charge in [-0.1, -0.05) is 23.7 Å². The van der Waals surface area contributed by atoms with Crippen LogP contribution in [0.3, 0.4) is 0 Å². The van der Waals surface area contributed by atoms with Crippen LogP contribution in [0.4, 0.5) is 5.69 Å². The summed E-state index contributed by atoms with van der Waals surface area (Å²) in [6.45, 7) is 1.18. The van der Waals surface area contributed by atoms with Gasteiger partial charge in [0.1, 0.15) is 0 Å². The Hall–Kier alpha value is -2.04. The van der Waals surface area contributed by atoms with E-state index < -0.39 is 6.10 Å². The first kappa shape index (κ1) is 15.8. The van der Waals surface area contributed by atoms with Crippen molar-refractivity contribution in [2.45, 2.75) is 12.5 Å². The fraction of sp³-hybridized carbons (Fsp3) is 0.278. The molecule has 23 heavy (non-hydrogen) atoms. The highest BCUT2D eigenvalue weighted by Crippen LogP contribution is 2.29. The van der Waals surface area contributed by atoms with Crippen LogP contribution < -0.4 is 10.2 Å². The number of hydrogen-bond donors (Lipinski definition) is 2. The summed E-state index contributed by atoms with van der Waals surface area (Å²) >= 11 is 5.81. The van der Waals surface area contributed by atoms with E-state index >= 15 is 0 Å². The summed E-state index contributed by atoms with van der Waals surface area (Å²) in [7, 11) is 2.06. The van der Waals surface area contributed by atoms with Crippen LogP contribution in [0.15, 0.2) is 42.5 Å². The number of anilines is 1. The number of aliphatic hydroxyl groups excluding tert-OH is 1. The lowest BCUT2D eigenvalue weighted by molar-refractivity contribution is 0.0916. The fourth-order valence-electron chi connectivity index (χ4n) is 2.80. The molecule has 1 aliphatic heterocycles. The lowest BCUT2D eigenvalue weighted by atomic mass is 10.0. The standard InChI is InChI=1S/C18H19ClN2O2/c1-21-9-8-13-10-14(4-7-16(13)21)17(22)11-20-18(23)12-2-5-15(19)6-3-12/h2-7,10,17,22H,8-9,11H2,1H3,(H,20,23). The number of benzene rings is 2. The summed E-state index contributed by atoms with van der Waals surface area (Å²) in [6, 6.07) is 12.6. The van der Waals surface area contributed by atoms with Crippen LogP contribution in [0.2, 0.25) is 5.02 Å². The summed E-state index contributed by atoms with van der Waals surface area (Å²) in [4.78, 5) is 14.3. The predicted molar refractivity (Wildman–Crippen MR) is 92.2 cm³/mol. The topological polar surface area (TPSA) is 52.6 Å². The molecule has 5 heteroatoms. The van der Waals surface area contributed by atoms with Gasteiger partial charge < -0.3 is 15.3 Å². The summed E-state index contributed by atoms with van der Waals surface area (Å²) in [5.41, 5.74) is 3.81. The number of nitrogens with zero attached hydrogens (tertiary/aromatic N) is 1. The van der Waals surface area contributed by atoms with E-state index in [9.17, 15) is 9.90 Å². The number of nitrogens with one attached hydrogen (secondary N) is 1. The van der Waals surface area contributed by atoms with Crippen molar-refractivity contribution in [2.24, 2.45) is 0 Å².